The van der Waals surface area contributed by atoms with Gasteiger partial charge in [0.05, 0.1) is 0 Å². The number of carbonyl (C=O) groups excluding carboxylic acids is 2. The summed E-state index contributed by atoms with van der Waals surface area (Å²) >= 11 is 0. The molecule has 0 heterocycles. The van der Waals surface area contributed by atoms with Gasteiger partial charge in [0, 0.05) is 28.4 Å². The molecule has 0 spiro atoms. The third-order valence-electron chi connectivity index (χ3n) is 3.72. The Balaban J connectivity index is 1.83. The highest BCUT2D eigenvalue weighted by molar-refractivity contribution is 7.83. The molecule has 0 bridgehead atoms. The molecule has 6 nitrogen and oxygen atoms in total. The first kappa shape index (κ1) is 19.7. The number of rotatable bonds is 6. The van der Waals surface area contributed by atoms with E-state index in [1.807, 2.05) is 26.0 Å². The van der Waals surface area contributed by atoms with E-state index in [4.69, 9.17) is 4.74 Å². The predicted octanol–water partition coefficient (Wildman–Crippen LogP) is 2.02. The number of carbonyl (C=O) groups is 2. The van der Waals surface area contributed by atoms with Crippen molar-refractivity contribution in [3.63, 3.8) is 0 Å². The highest BCUT2D eigenvalue weighted by Crippen LogP contribution is 2.16. The Labute approximate surface area is 155 Å². The van der Waals surface area contributed by atoms with Crippen LogP contribution in [-0.4, -0.2) is 28.9 Å². The fourth-order valence-corrected chi connectivity index (χ4v) is 2.87. The highest BCUT2D eigenvalue weighted by Gasteiger charge is 2.09. The van der Waals surface area contributed by atoms with Crippen LogP contribution in [0.15, 0.2) is 42.5 Å². The minimum atomic E-state index is -0.991. The average molecular weight is 374 g/mol. The first-order chi connectivity index (χ1) is 12.3. The first-order valence-electron chi connectivity index (χ1n) is 8.03. The number of aryl methyl sites for hydroxylation is 2. The Morgan fingerprint density at radius 1 is 1.04 bits per heavy atom. The molecule has 0 aliphatic rings. The van der Waals surface area contributed by atoms with Crippen LogP contribution in [0.2, 0.25) is 0 Å². The van der Waals surface area contributed by atoms with Gasteiger partial charge in [-0.05, 0) is 54.8 Å². The van der Waals surface area contributed by atoms with Crippen LogP contribution in [0.25, 0.3) is 0 Å². The third-order valence-corrected chi connectivity index (χ3v) is 4.46. The molecule has 7 heteroatoms. The lowest BCUT2D eigenvalue weighted by Crippen LogP contribution is -2.43. The van der Waals surface area contributed by atoms with Crippen LogP contribution in [0.4, 0.5) is 0 Å². The van der Waals surface area contributed by atoms with Crippen molar-refractivity contribution < 1.29 is 18.5 Å². The average Bonchev–Trinajstić information content (AvgIpc) is 2.60. The van der Waals surface area contributed by atoms with Gasteiger partial charge in [-0.3, -0.25) is 24.6 Å². The Morgan fingerprint density at radius 3 is 2.50 bits per heavy atom. The standard InChI is InChI=1S/C19H22N2O4S/c1-13-7-8-17(9-14(13)2)25-11-18(22)20-21-19(23)16-6-4-5-15(10-16)12-26(3)24/h4-10H,11-12H2,1-3H3,(H,20,22)(H,21,23). The number of benzene rings is 2. The lowest BCUT2D eigenvalue weighted by atomic mass is 10.1. The van der Waals surface area contributed by atoms with E-state index < -0.39 is 22.6 Å². The van der Waals surface area contributed by atoms with Crippen LogP contribution in [-0.2, 0) is 21.3 Å². The smallest absolute Gasteiger partial charge is 0.276 e. The second kappa shape index (κ2) is 9.15. The van der Waals surface area contributed by atoms with Crippen molar-refractivity contribution in [2.75, 3.05) is 12.9 Å². The summed E-state index contributed by atoms with van der Waals surface area (Å²) < 4.78 is 16.7. The Bertz CT molecular complexity index is 836. The van der Waals surface area contributed by atoms with E-state index >= 15 is 0 Å². The normalized spacial score (nSPS) is 11.5. The van der Waals surface area contributed by atoms with Crippen molar-refractivity contribution >= 4 is 22.6 Å². The minimum absolute atomic E-state index is 0.211. The molecular weight excluding hydrogens is 352 g/mol. The lowest BCUT2D eigenvalue weighted by molar-refractivity contribution is -0.123. The fourth-order valence-electron chi connectivity index (χ4n) is 2.22. The zero-order valence-corrected chi connectivity index (χ0v) is 15.8. The van der Waals surface area contributed by atoms with E-state index in [0.29, 0.717) is 17.1 Å². The Hall–Kier alpha value is -2.67. The van der Waals surface area contributed by atoms with Gasteiger partial charge >= 0.3 is 0 Å². The fraction of sp³-hybridized carbons (Fsp3) is 0.263. The van der Waals surface area contributed by atoms with Crippen LogP contribution in [0.1, 0.15) is 27.0 Å². The Kier molecular flexibility index (Phi) is 6.91. The first-order valence-corrected chi connectivity index (χ1v) is 9.76. The summed E-state index contributed by atoms with van der Waals surface area (Å²) in [6.45, 7) is 3.75. The van der Waals surface area contributed by atoms with Gasteiger partial charge in [-0.1, -0.05) is 18.2 Å². The number of hydrogen-bond donors (Lipinski definition) is 2. The molecule has 0 aliphatic carbocycles. The molecule has 1 atom stereocenters. The largest absolute Gasteiger partial charge is 0.484 e. The second-order valence-electron chi connectivity index (χ2n) is 5.95. The maximum atomic E-state index is 12.1. The molecular formula is C19H22N2O4S. The molecule has 0 radical (unpaired) electrons. The quantitative estimate of drug-likeness (QED) is 0.758. The maximum Gasteiger partial charge on any atom is 0.276 e. The van der Waals surface area contributed by atoms with Gasteiger partial charge < -0.3 is 4.74 Å². The zero-order chi connectivity index (χ0) is 19.1. The highest BCUT2D eigenvalue weighted by atomic mass is 32.2. The van der Waals surface area contributed by atoms with Crippen LogP contribution in [0, 0.1) is 13.8 Å². The van der Waals surface area contributed by atoms with Gasteiger partial charge in [-0.15, -0.1) is 0 Å². The molecule has 2 rings (SSSR count). The molecule has 0 aliphatic heterocycles. The topological polar surface area (TPSA) is 84.5 Å². The minimum Gasteiger partial charge on any atom is -0.484 e. The zero-order valence-electron chi connectivity index (χ0n) is 15.0. The SMILES string of the molecule is Cc1ccc(OCC(=O)NNC(=O)c2cccc(CS(C)=O)c2)cc1C. The summed E-state index contributed by atoms with van der Waals surface area (Å²) in [4.78, 5) is 23.9. The molecule has 0 fully saturated rings. The van der Waals surface area contributed by atoms with Crippen LogP contribution in [0.5, 0.6) is 5.75 Å². The summed E-state index contributed by atoms with van der Waals surface area (Å²) in [5, 5.41) is 0. The monoisotopic (exact) mass is 374 g/mol. The molecule has 0 aromatic heterocycles. The van der Waals surface area contributed by atoms with Crippen LogP contribution in [0.3, 0.4) is 0 Å². The van der Waals surface area contributed by atoms with Crippen molar-refractivity contribution in [3.8, 4) is 5.75 Å². The van der Waals surface area contributed by atoms with Crippen LogP contribution >= 0.6 is 0 Å². The molecule has 1 unspecified atom stereocenters. The van der Waals surface area contributed by atoms with Crippen molar-refractivity contribution in [3.05, 3.63) is 64.7 Å². The van der Waals surface area contributed by atoms with E-state index in [-0.39, 0.29) is 6.61 Å². The van der Waals surface area contributed by atoms with Gasteiger partial charge in [-0.2, -0.15) is 0 Å². The summed E-state index contributed by atoms with van der Waals surface area (Å²) in [6, 6.07) is 12.3. The van der Waals surface area contributed by atoms with Gasteiger partial charge in [-0.25, -0.2) is 0 Å². The van der Waals surface area contributed by atoms with E-state index in [0.717, 1.165) is 16.7 Å². The van der Waals surface area contributed by atoms with Gasteiger partial charge in [0.1, 0.15) is 5.75 Å². The molecule has 2 N–H and O–H groups in total. The number of hydrazine groups is 1. The molecule has 0 saturated carbocycles. The summed E-state index contributed by atoms with van der Waals surface area (Å²) in [5.41, 5.74) is 8.04. The number of amides is 2. The number of hydrogen-bond acceptors (Lipinski definition) is 4. The van der Waals surface area contributed by atoms with Crippen LogP contribution < -0.4 is 15.6 Å². The second-order valence-corrected chi connectivity index (χ2v) is 7.39. The predicted molar refractivity (Wildman–Crippen MR) is 101 cm³/mol. The lowest BCUT2D eigenvalue weighted by Gasteiger charge is -2.10. The van der Waals surface area contributed by atoms with Gasteiger partial charge in [0.2, 0.25) is 0 Å². The Morgan fingerprint density at radius 2 is 1.81 bits per heavy atom. The van der Waals surface area contributed by atoms with Crippen molar-refractivity contribution in [1.82, 2.24) is 10.9 Å². The van der Waals surface area contributed by atoms with Gasteiger partial charge in [0.15, 0.2) is 6.61 Å². The van der Waals surface area contributed by atoms with Crippen molar-refractivity contribution in [2.45, 2.75) is 19.6 Å². The molecule has 138 valence electrons. The maximum absolute atomic E-state index is 12.1. The van der Waals surface area contributed by atoms with E-state index in [2.05, 4.69) is 10.9 Å². The molecule has 2 amide bonds. The molecule has 2 aromatic rings. The van der Waals surface area contributed by atoms with E-state index in [9.17, 15) is 13.8 Å². The summed E-state index contributed by atoms with van der Waals surface area (Å²) in [6.07, 6.45) is 1.60. The van der Waals surface area contributed by atoms with Crippen molar-refractivity contribution in [2.24, 2.45) is 0 Å². The number of ether oxygens (including phenoxy) is 1. The molecule has 0 saturated heterocycles. The number of nitrogens with one attached hydrogen (secondary N) is 2. The van der Waals surface area contributed by atoms with E-state index in [1.165, 1.54) is 0 Å². The van der Waals surface area contributed by atoms with Crippen molar-refractivity contribution in [1.29, 1.82) is 0 Å². The van der Waals surface area contributed by atoms with Gasteiger partial charge in [0.25, 0.3) is 11.8 Å². The summed E-state index contributed by atoms with van der Waals surface area (Å²) in [5.74, 6) is 0.0441. The summed E-state index contributed by atoms with van der Waals surface area (Å²) in [7, 11) is -0.991. The molecule has 26 heavy (non-hydrogen) atoms. The third kappa shape index (κ3) is 6.00. The van der Waals surface area contributed by atoms with E-state index in [1.54, 1.807) is 36.6 Å². The molecule has 2 aromatic carbocycles.